The quantitative estimate of drug-likeness (QED) is 0.600. The van der Waals surface area contributed by atoms with E-state index in [2.05, 4.69) is 31.4 Å². The minimum Gasteiger partial charge on any atom is -0.490 e. The molecule has 1 aliphatic rings. The van der Waals surface area contributed by atoms with Crippen molar-refractivity contribution in [3.63, 3.8) is 0 Å². The van der Waals surface area contributed by atoms with E-state index in [0.717, 1.165) is 12.2 Å². The maximum atomic E-state index is 12.2. The molecule has 2 aromatic rings. The lowest BCUT2D eigenvalue weighted by Crippen LogP contribution is -2.36. The van der Waals surface area contributed by atoms with Crippen LogP contribution in [-0.2, 0) is 0 Å². The maximum absolute atomic E-state index is 12.2. The lowest BCUT2D eigenvalue weighted by atomic mass is 9.75. The molecule has 0 saturated heterocycles. The number of urea groups is 1. The molecule has 0 bridgehead atoms. The molecule has 1 aliphatic carbocycles. The topological polar surface area (TPSA) is 67.4 Å². The molecule has 1 fully saturated rings. The molecule has 30 heavy (non-hydrogen) atoms. The van der Waals surface area contributed by atoms with Crippen LogP contribution in [0.2, 0.25) is 5.02 Å². The van der Waals surface area contributed by atoms with Gasteiger partial charge in [-0.1, -0.05) is 50.9 Å². The van der Waals surface area contributed by atoms with E-state index in [4.69, 9.17) is 16.3 Å². The normalized spacial score (nSPS) is 21.2. The Morgan fingerprint density at radius 3 is 2.43 bits per heavy atom. The van der Waals surface area contributed by atoms with E-state index in [1.165, 1.54) is 12.8 Å². The number of hydrogen-bond acceptors (Lipinski definition) is 3. The van der Waals surface area contributed by atoms with Crippen LogP contribution in [0.4, 0.5) is 10.5 Å². The zero-order chi connectivity index (χ0) is 21.7. The number of carbonyl (C=O) groups excluding carboxylic acids is 2. The lowest BCUT2D eigenvalue weighted by molar-refractivity contribution is 0.0460. The minimum atomic E-state index is -0.616. The van der Waals surface area contributed by atoms with Crippen molar-refractivity contribution in [3.8, 4) is 5.75 Å². The summed E-state index contributed by atoms with van der Waals surface area (Å²) in [6, 6.07) is 13.2. The van der Waals surface area contributed by atoms with Gasteiger partial charge in [-0.05, 0) is 67.0 Å². The predicted molar refractivity (Wildman–Crippen MR) is 120 cm³/mol. The summed E-state index contributed by atoms with van der Waals surface area (Å²) in [7, 11) is 0. The molecule has 0 aliphatic heterocycles. The smallest absolute Gasteiger partial charge is 0.326 e. The van der Waals surface area contributed by atoms with Crippen molar-refractivity contribution in [1.29, 1.82) is 0 Å². The maximum Gasteiger partial charge on any atom is 0.326 e. The van der Waals surface area contributed by atoms with Crippen molar-refractivity contribution in [1.82, 2.24) is 5.32 Å². The molecule has 1 saturated carbocycles. The van der Waals surface area contributed by atoms with Gasteiger partial charge in [-0.25, -0.2) is 4.79 Å². The minimum absolute atomic E-state index is 0.212. The van der Waals surface area contributed by atoms with E-state index in [9.17, 15) is 9.59 Å². The fourth-order valence-corrected chi connectivity index (χ4v) is 4.24. The van der Waals surface area contributed by atoms with Gasteiger partial charge in [0, 0.05) is 5.69 Å². The number of hydrogen-bond donors (Lipinski definition) is 2. The Morgan fingerprint density at radius 2 is 1.77 bits per heavy atom. The van der Waals surface area contributed by atoms with E-state index in [1.54, 1.807) is 36.4 Å². The molecule has 160 valence electrons. The summed E-state index contributed by atoms with van der Waals surface area (Å²) in [6.45, 7) is 6.79. The van der Waals surface area contributed by atoms with E-state index in [1.807, 2.05) is 12.1 Å². The highest BCUT2D eigenvalue weighted by Crippen LogP contribution is 2.36. The molecule has 3 rings (SSSR count). The second kappa shape index (κ2) is 9.98. The second-order valence-corrected chi connectivity index (χ2v) is 8.80. The number of benzene rings is 2. The average Bonchev–Trinajstić information content (AvgIpc) is 2.69. The Kier molecular flexibility index (Phi) is 7.38. The molecule has 5 nitrogen and oxygen atoms in total. The summed E-state index contributed by atoms with van der Waals surface area (Å²) >= 11 is 5.99. The molecular formula is C24H29ClN2O3. The molecule has 2 N–H and O–H groups in total. The van der Waals surface area contributed by atoms with Crippen molar-refractivity contribution in [2.75, 3.05) is 5.32 Å². The highest BCUT2D eigenvalue weighted by atomic mass is 35.5. The van der Waals surface area contributed by atoms with Gasteiger partial charge in [0.2, 0.25) is 0 Å². The number of halogens is 1. The summed E-state index contributed by atoms with van der Waals surface area (Å²) in [4.78, 5) is 24.3. The van der Waals surface area contributed by atoms with E-state index >= 15 is 0 Å². The Labute approximate surface area is 183 Å². The summed E-state index contributed by atoms with van der Waals surface area (Å²) in [5, 5.41) is 5.23. The van der Waals surface area contributed by atoms with Gasteiger partial charge in [0.05, 0.1) is 10.6 Å². The number of imide groups is 1. The third-order valence-corrected chi connectivity index (χ3v) is 6.04. The molecule has 3 amide bonds. The number of anilines is 1. The predicted octanol–water partition coefficient (Wildman–Crippen LogP) is 6.14. The van der Waals surface area contributed by atoms with Crippen LogP contribution in [0.15, 0.2) is 48.5 Å². The van der Waals surface area contributed by atoms with Gasteiger partial charge in [0.1, 0.15) is 11.9 Å². The van der Waals surface area contributed by atoms with Gasteiger partial charge in [0.15, 0.2) is 0 Å². The number of nitrogens with one attached hydrogen (secondary N) is 2. The number of amides is 3. The third-order valence-electron chi connectivity index (χ3n) is 5.71. The SMILES string of the molecule is CC1CCC(C(C)C)C(Oc2ccc(NC(=O)NC(=O)c3ccccc3Cl)cc2)C1. The van der Waals surface area contributed by atoms with Crippen molar-refractivity contribution >= 4 is 29.2 Å². The molecule has 0 radical (unpaired) electrons. The van der Waals surface area contributed by atoms with Crippen molar-refractivity contribution in [3.05, 3.63) is 59.1 Å². The molecule has 0 spiro atoms. The van der Waals surface area contributed by atoms with Gasteiger partial charge >= 0.3 is 6.03 Å². The van der Waals surface area contributed by atoms with Crippen molar-refractivity contribution in [2.45, 2.75) is 46.1 Å². The van der Waals surface area contributed by atoms with E-state index < -0.39 is 11.9 Å². The number of ether oxygens (including phenoxy) is 1. The first kappa shape index (κ1) is 22.2. The largest absolute Gasteiger partial charge is 0.490 e. The van der Waals surface area contributed by atoms with Crippen LogP contribution >= 0.6 is 11.6 Å². The van der Waals surface area contributed by atoms with Gasteiger partial charge < -0.3 is 10.1 Å². The first-order valence-corrected chi connectivity index (χ1v) is 10.8. The van der Waals surface area contributed by atoms with Crippen LogP contribution in [0.1, 0.15) is 50.4 Å². The van der Waals surface area contributed by atoms with Crippen molar-refractivity contribution in [2.24, 2.45) is 17.8 Å². The number of rotatable bonds is 5. The third kappa shape index (κ3) is 5.76. The standard InChI is InChI=1S/C24H29ClN2O3/c1-15(2)19-13-8-16(3)14-22(19)30-18-11-9-17(10-12-18)26-24(29)27-23(28)20-6-4-5-7-21(20)25/h4-7,9-12,15-16,19,22H,8,13-14H2,1-3H3,(H2,26,27,28,29). The second-order valence-electron chi connectivity index (χ2n) is 8.39. The zero-order valence-electron chi connectivity index (χ0n) is 17.7. The van der Waals surface area contributed by atoms with Crippen LogP contribution < -0.4 is 15.4 Å². The fraction of sp³-hybridized carbons (Fsp3) is 0.417. The molecule has 6 heteroatoms. The Balaban J connectivity index is 1.57. The molecule has 3 atom stereocenters. The molecule has 0 heterocycles. The monoisotopic (exact) mass is 428 g/mol. The summed E-state index contributed by atoms with van der Waals surface area (Å²) in [6.07, 6.45) is 3.73. The van der Waals surface area contributed by atoms with Gasteiger partial charge in [-0.2, -0.15) is 0 Å². The van der Waals surface area contributed by atoms with E-state index in [0.29, 0.717) is 28.5 Å². The molecule has 3 unspecified atom stereocenters. The Bertz CT molecular complexity index is 882. The Hall–Kier alpha value is -2.53. The van der Waals surface area contributed by atoms with Crippen LogP contribution in [0, 0.1) is 17.8 Å². The van der Waals surface area contributed by atoms with Gasteiger partial charge in [0.25, 0.3) is 5.91 Å². The first-order valence-electron chi connectivity index (χ1n) is 10.5. The zero-order valence-corrected chi connectivity index (χ0v) is 18.4. The average molecular weight is 429 g/mol. The van der Waals surface area contributed by atoms with Crippen molar-refractivity contribution < 1.29 is 14.3 Å². The van der Waals surface area contributed by atoms with Gasteiger partial charge in [-0.3, -0.25) is 10.1 Å². The molecule has 2 aromatic carbocycles. The number of carbonyl (C=O) groups is 2. The van der Waals surface area contributed by atoms with Crippen LogP contribution in [-0.4, -0.2) is 18.0 Å². The highest BCUT2D eigenvalue weighted by Gasteiger charge is 2.32. The van der Waals surface area contributed by atoms with E-state index in [-0.39, 0.29) is 11.7 Å². The van der Waals surface area contributed by atoms with Crippen LogP contribution in [0.5, 0.6) is 5.75 Å². The first-order chi connectivity index (χ1) is 14.3. The lowest BCUT2D eigenvalue weighted by Gasteiger charge is -2.37. The molecular weight excluding hydrogens is 400 g/mol. The highest BCUT2D eigenvalue weighted by molar-refractivity contribution is 6.34. The van der Waals surface area contributed by atoms with Crippen LogP contribution in [0.25, 0.3) is 0 Å². The summed E-state index contributed by atoms with van der Waals surface area (Å²) in [5.41, 5.74) is 0.823. The summed E-state index contributed by atoms with van der Waals surface area (Å²) < 4.78 is 6.30. The fourth-order valence-electron chi connectivity index (χ4n) is 4.02. The molecule has 0 aromatic heterocycles. The van der Waals surface area contributed by atoms with Crippen LogP contribution in [0.3, 0.4) is 0 Å². The Morgan fingerprint density at radius 1 is 1.07 bits per heavy atom. The summed E-state index contributed by atoms with van der Waals surface area (Å²) in [5.74, 6) is 2.05. The van der Waals surface area contributed by atoms with Gasteiger partial charge in [-0.15, -0.1) is 0 Å².